The Hall–Kier alpha value is -8.17. The van der Waals surface area contributed by atoms with Gasteiger partial charge in [0.15, 0.2) is 51.8 Å². The molecule has 0 bridgehead atoms. The summed E-state index contributed by atoms with van der Waals surface area (Å²) < 4.78 is 55.6. The van der Waals surface area contributed by atoms with Gasteiger partial charge in [0, 0.05) is 11.1 Å². The molecule has 0 saturated carbocycles. The fourth-order valence-electron chi connectivity index (χ4n) is 14.5. The zero-order valence-electron chi connectivity index (χ0n) is 62.8. The zero-order chi connectivity index (χ0) is 70.7. The van der Waals surface area contributed by atoms with E-state index in [1.165, 1.54) is 0 Å². The van der Waals surface area contributed by atoms with Gasteiger partial charge in [-0.25, -0.2) is 0 Å². The van der Waals surface area contributed by atoms with E-state index in [0.717, 1.165) is 163 Å². The van der Waals surface area contributed by atoms with E-state index < -0.39 is 10.8 Å². The SMILES string of the molecule is CCC(C)COc1cc2c(cc1OCC(C)CC)C1(c3ccccc3-c3ccc(C(=O)c4ccc5c(c4)C4(c6ccccc6-5)c5cc(OCC(C)CC)c(OCC(C)CC)cc5-c5cc(OCC(C)CC)c(OCC(C)CC)cc54)cc31)c1cc(OCC(C)CC)c(OCC(C)CC)cc1-2. The normalized spacial score (nSPS) is 17.8. The summed E-state index contributed by atoms with van der Waals surface area (Å²) in [4.78, 5) is 16.5. The average molecular weight is 1350 g/mol. The highest BCUT2D eigenvalue weighted by molar-refractivity contribution is 6.11. The minimum absolute atomic E-state index is 0.0739. The molecule has 4 aliphatic carbocycles. The lowest BCUT2D eigenvalue weighted by atomic mass is 9.69. The van der Waals surface area contributed by atoms with Gasteiger partial charge < -0.3 is 37.9 Å². The smallest absolute Gasteiger partial charge is 0.193 e. The molecular formula is C91H110O9. The molecule has 0 N–H and O–H groups in total. The Bertz CT molecular complexity index is 3820. The van der Waals surface area contributed by atoms with Crippen LogP contribution in [0.1, 0.15) is 223 Å². The Morgan fingerprint density at radius 2 is 0.450 bits per heavy atom. The van der Waals surface area contributed by atoms with Gasteiger partial charge in [-0.05, 0) is 197 Å². The molecule has 0 saturated heterocycles. The Morgan fingerprint density at radius 3 is 0.680 bits per heavy atom. The van der Waals surface area contributed by atoms with E-state index in [9.17, 15) is 0 Å². The van der Waals surface area contributed by atoms with Crippen LogP contribution in [0.4, 0.5) is 0 Å². The lowest BCUT2D eigenvalue weighted by Crippen LogP contribution is -2.27. The van der Waals surface area contributed by atoms with Crippen molar-refractivity contribution in [1.82, 2.24) is 0 Å². The van der Waals surface area contributed by atoms with Crippen molar-refractivity contribution in [2.75, 3.05) is 52.9 Å². The minimum atomic E-state index is -0.918. The van der Waals surface area contributed by atoms with Gasteiger partial charge in [0.25, 0.3) is 0 Å². The standard InChI is InChI=1S/C91H110O9/c1-17-55(9)47-93-81-39-69-70-40-82(94-48-56(10)18-2)86(98-52-60(14)22-6)44-78(70)90(77(69)43-85(81)97-51-59(13)21-5)73-31-27-25-29-65(73)67-35-33-63(37-75(67)90)89(92)64-34-36-68-66-30-26-28-32-74(66)91(76(68)38-64)79-45-87(99-53-61(15)23-7)83(95-49-57(11)19-3)41-71(79)72-42-84(96-50-58(12)20-4)88(46-80(72)91)100-54-62(16)24-8/h25-46,55-62H,17-24,47-54H2,1-16H3. The van der Waals surface area contributed by atoms with Crippen molar-refractivity contribution in [3.8, 4) is 90.5 Å². The lowest BCUT2D eigenvalue weighted by molar-refractivity contribution is 0.103. The highest BCUT2D eigenvalue weighted by Crippen LogP contribution is 2.68. The zero-order valence-corrected chi connectivity index (χ0v) is 62.8. The Morgan fingerprint density at radius 1 is 0.250 bits per heavy atom. The number of ketones is 1. The van der Waals surface area contributed by atoms with Crippen LogP contribution in [0.15, 0.2) is 133 Å². The number of rotatable bonds is 34. The summed E-state index contributed by atoms with van der Waals surface area (Å²) in [6.45, 7) is 39.9. The Kier molecular flexibility index (Phi) is 21.9. The Labute approximate surface area is 598 Å². The first-order chi connectivity index (χ1) is 48.4. The number of hydrogen-bond acceptors (Lipinski definition) is 9. The third kappa shape index (κ3) is 13.2. The molecule has 9 nitrogen and oxygen atoms in total. The van der Waals surface area contributed by atoms with Gasteiger partial charge in [0.05, 0.1) is 63.7 Å². The van der Waals surface area contributed by atoms with E-state index in [1.54, 1.807) is 0 Å². The molecule has 8 unspecified atom stereocenters. The maximum absolute atomic E-state index is 16.5. The number of ether oxygens (including phenoxy) is 8. The van der Waals surface area contributed by atoms with E-state index >= 15 is 4.79 Å². The van der Waals surface area contributed by atoms with Crippen molar-refractivity contribution in [3.63, 3.8) is 0 Å². The van der Waals surface area contributed by atoms with Crippen LogP contribution in [0.3, 0.4) is 0 Å². The van der Waals surface area contributed by atoms with E-state index in [-0.39, 0.29) is 5.78 Å². The number of benzene rings is 8. The van der Waals surface area contributed by atoms with Gasteiger partial charge in [-0.15, -0.1) is 0 Å². The van der Waals surface area contributed by atoms with Gasteiger partial charge in [-0.1, -0.05) is 235 Å². The first kappa shape index (κ1) is 71.6. The third-order valence-corrected chi connectivity index (χ3v) is 22.9. The van der Waals surface area contributed by atoms with Crippen LogP contribution in [0.25, 0.3) is 44.5 Å². The van der Waals surface area contributed by atoms with Gasteiger partial charge in [-0.3, -0.25) is 4.79 Å². The summed E-state index contributed by atoms with van der Waals surface area (Å²) in [7, 11) is 0. The van der Waals surface area contributed by atoms with Crippen LogP contribution in [-0.4, -0.2) is 58.6 Å². The van der Waals surface area contributed by atoms with Crippen molar-refractivity contribution in [2.45, 2.75) is 173 Å². The van der Waals surface area contributed by atoms with E-state index in [0.29, 0.717) is 134 Å². The predicted molar refractivity (Wildman–Crippen MR) is 409 cm³/mol. The Balaban J connectivity index is 1.09. The molecule has 528 valence electrons. The molecule has 4 aliphatic rings. The van der Waals surface area contributed by atoms with Crippen molar-refractivity contribution in [1.29, 1.82) is 0 Å². The van der Waals surface area contributed by atoms with E-state index in [2.05, 4.69) is 232 Å². The first-order valence-corrected chi connectivity index (χ1v) is 38.2. The summed E-state index contributed by atoms with van der Waals surface area (Å²) in [5.74, 6) is 8.26. The highest BCUT2D eigenvalue weighted by Gasteiger charge is 2.55. The molecule has 0 aliphatic heterocycles. The predicted octanol–water partition coefficient (Wildman–Crippen LogP) is 23.0. The molecule has 12 rings (SSSR count). The van der Waals surface area contributed by atoms with Crippen molar-refractivity contribution in [3.05, 3.63) is 189 Å². The van der Waals surface area contributed by atoms with Crippen LogP contribution in [0.2, 0.25) is 0 Å². The molecular weight excluding hydrogens is 1240 g/mol. The second-order valence-corrected chi connectivity index (χ2v) is 30.4. The first-order valence-electron chi connectivity index (χ1n) is 38.2. The summed E-state index contributed by atoms with van der Waals surface area (Å²) in [5.41, 5.74) is 16.5. The number of hydrogen-bond donors (Lipinski definition) is 0. The fraction of sp³-hybridized carbons (Fsp3) is 0.462. The monoisotopic (exact) mass is 1350 g/mol. The molecule has 0 fully saturated rings. The number of carbonyl (C=O) groups excluding carboxylic acids is 1. The number of fused-ring (bicyclic) bond motifs is 20. The van der Waals surface area contributed by atoms with Gasteiger partial charge in [0.2, 0.25) is 0 Å². The largest absolute Gasteiger partial charge is 0.489 e. The molecule has 9 heteroatoms. The molecule has 0 aromatic heterocycles. The fourth-order valence-corrected chi connectivity index (χ4v) is 14.5. The average Bonchev–Trinajstić information content (AvgIpc) is 1.51. The lowest BCUT2D eigenvalue weighted by Gasteiger charge is -2.32. The van der Waals surface area contributed by atoms with Crippen molar-refractivity contribution >= 4 is 5.78 Å². The van der Waals surface area contributed by atoms with Gasteiger partial charge in [-0.2, -0.15) is 0 Å². The summed E-state index contributed by atoms with van der Waals surface area (Å²) >= 11 is 0. The molecule has 0 amide bonds. The summed E-state index contributed by atoms with van der Waals surface area (Å²) in [6.07, 6.45) is 7.86. The van der Waals surface area contributed by atoms with Gasteiger partial charge >= 0.3 is 0 Å². The highest BCUT2D eigenvalue weighted by atomic mass is 16.5. The second-order valence-electron chi connectivity index (χ2n) is 30.4. The molecule has 100 heavy (non-hydrogen) atoms. The van der Waals surface area contributed by atoms with Crippen LogP contribution in [0.5, 0.6) is 46.0 Å². The maximum Gasteiger partial charge on any atom is 0.193 e. The maximum atomic E-state index is 16.5. The topological polar surface area (TPSA) is 90.9 Å². The number of carbonyl (C=O) groups is 1. The third-order valence-electron chi connectivity index (χ3n) is 22.9. The molecule has 8 aromatic rings. The minimum Gasteiger partial charge on any atom is -0.489 e. The van der Waals surface area contributed by atoms with Crippen molar-refractivity contribution < 1.29 is 42.7 Å². The molecule has 0 heterocycles. The van der Waals surface area contributed by atoms with Crippen LogP contribution >= 0.6 is 0 Å². The van der Waals surface area contributed by atoms with Crippen LogP contribution in [0, 0.1) is 47.3 Å². The van der Waals surface area contributed by atoms with E-state index in [1.807, 2.05) is 12.1 Å². The summed E-state index contributed by atoms with van der Waals surface area (Å²) in [5, 5.41) is 0. The van der Waals surface area contributed by atoms with E-state index in [4.69, 9.17) is 37.9 Å². The molecule has 0 radical (unpaired) electrons. The van der Waals surface area contributed by atoms with Crippen molar-refractivity contribution in [2.24, 2.45) is 47.3 Å². The molecule has 8 atom stereocenters. The second kappa shape index (κ2) is 30.6. The van der Waals surface area contributed by atoms with Gasteiger partial charge in [0.1, 0.15) is 0 Å². The summed E-state index contributed by atoms with van der Waals surface area (Å²) in [6, 6.07) is 48.5. The quantitative estimate of drug-likeness (QED) is 0.0366. The molecule has 2 spiro atoms. The molecule has 8 aromatic carbocycles. The van der Waals surface area contributed by atoms with Crippen LogP contribution < -0.4 is 37.9 Å². The van der Waals surface area contributed by atoms with Crippen LogP contribution in [-0.2, 0) is 10.8 Å².